The second-order valence-electron chi connectivity index (χ2n) is 7.89. The number of carbonyl (C=O) groups is 1. The molecule has 0 bridgehead atoms. The zero-order valence-corrected chi connectivity index (χ0v) is 17.6. The summed E-state index contributed by atoms with van der Waals surface area (Å²) in [5, 5.41) is 3.73. The topological polar surface area (TPSA) is 44.7 Å². The summed E-state index contributed by atoms with van der Waals surface area (Å²) in [4.78, 5) is 14.2. The average Bonchev–Trinajstić information content (AvgIpc) is 2.68. The molecule has 1 amide bonds. The number of rotatable bonds is 4. The molecule has 0 saturated heterocycles. The summed E-state index contributed by atoms with van der Waals surface area (Å²) in [7, 11) is 0. The molecule has 0 atom stereocenters. The van der Waals surface area contributed by atoms with Crippen LogP contribution in [0.3, 0.4) is 0 Å². The Hall–Kier alpha value is -3.16. The van der Waals surface area contributed by atoms with Crippen LogP contribution in [0.2, 0.25) is 0 Å². The van der Waals surface area contributed by atoms with Crippen molar-refractivity contribution in [3.63, 3.8) is 0 Å². The Labute approximate surface area is 178 Å². The number of carbonyl (C=O) groups excluding carboxylic acids is 1. The maximum absolute atomic E-state index is 14.7. The zero-order valence-electron chi connectivity index (χ0n) is 17.6. The number of amides is 1. The van der Waals surface area contributed by atoms with Crippen molar-refractivity contribution in [2.24, 2.45) is 5.10 Å². The Kier molecular flexibility index (Phi) is 5.93. The largest absolute Gasteiger partial charge is 0.416 e. The van der Waals surface area contributed by atoms with Gasteiger partial charge in [0.25, 0.3) is 5.91 Å². The number of nitrogens with one attached hydrogen (secondary N) is 1. The fourth-order valence-corrected chi connectivity index (χ4v) is 3.85. The van der Waals surface area contributed by atoms with Crippen LogP contribution in [0.4, 0.5) is 23.2 Å². The number of fused-ring (bicyclic) bond motifs is 1. The second kappa shape index (κ2) is 8.17. The first-order valence-electron chi connectivity index (χ1n) is 9.75. The van der Waals surface area contributed by atoms with Gasteiger partial charge in [-0.05, 0) is 63.6 Å². The summed E-state index contributed by atoms with van der Waals surface area (Å²) >= 11 is 0. The van der Waals surface area contributed by atoms with Crippen LogP contribution in [-0.2, 0) is 6.18 Å². The molecular formula is C23H23F4N3O. The molecule has 2 aromatic rings. The van der Waals surface area contributed by atoms with Gasteiger partial charge in [0.1, 0.15) is 5.82 Å². The van der Waals surface area contributed by atoms with E-state index in [0.717, 1.165) is 41.2 Å². The van der Waals surface area contributed by atoms with Gasteiger partial charge in [-0.25, -0.2) is 9.82 Å². The van der Waals surface area contributed by atoms with E-state index in [9.17, 15) is 22.4 Å². The number of hydrogen-bond donors (Lipinski definition) is 1. The first-order valence-corrected chi connectivity index (χ1v) is 9.75. The van der Waals surface area contributed by atoms with Gasteiger partial charge in [-0.1, -0.05) is 12.1 Å². The predicted octanol–water partition coefficient (Wildman–Crippen LogP) is 5.63. The second-order valence-corrected chi connectivity index (χ2v) is 7.89. The molecule has 0 spiro atoms. The molecule has 1 aliphatic rings. The highest BCUT2D eigenvalue weighted by Gasteiger charge is 2.32. The minimum Gasteiger partial charge on any atom is -0.363 e. The van der Waals surface area contributed by atoms with E-state index in [2.05, 4.69) is 35.4 Å². The van der Waals surface area contributed by atoms with Gasteiger partial charge in [-0.3, -0.25) is 4.79 Å². The lowest BCUT2D eigenvalue weighted by atomic mass is 9.88. The van der Waals surface area contributed by atoms with Crippen molar-refractivity contribution in [1.29, 1.82) is 0 Å². The quantitative estimate of drug-likeness (QED) is 0.386. The van der Waals surface area contributed by atoms with Gasteiger partial charge < -0.3 is 4.90 Å². The molecule has 1 aliphatic heterocycles. The van der Waals surface area contributed by atoms with Crippen molar-refractivity contribution >= 4 is 23.4 Å². The third-order valence-corrected chi connectivity index (χ3v) is 5.23. The number of anilines is 1. The third-order valence-electron chi connectivity index (χ3n) is 5.23. The van der Waals surface area contributed by atoms with Gasteiger partial charge in [-0.2, -0.15) is 18.3 Å². The smallest absolute Gasteiger partial charge is 0.363 e. The maximum atomic E-state index is 14.7. The lowest BCUT2D eigenvalue weighted by molar-refractivity contribution is -0.137. The van der Waals surface area contributed by atoms with E-state index in [1.165, 1.54) is 12.1 Å². The summed E-state index contributed by atoms with van der Waals surface area (Å²) < 4.78 is 53.1. The maximum Gasteiger partial charge on any atom is 0.416 e. The van der Waals surface area contributed by atoms with E-state index < -0.39 is 23.5 Å². The minimum atomic E-state index is -4.56. The van der Waals surface area contributed by atoms with Crippen LogP contribution in [0.1, 0.15) is 54.7 Å². The molecule has 0 aromatic heterocycles. The molecule has 8 heteroatoms. The van der Waals surface area contributed by atoms with Gasteiger partial charge in [0.2, 0.25) is 0 Å². The molecule has 31 heavy (non-hydrogen) atoms. The number of allylic oxidation sites excluding steroid dienone is 1. The molecule has 2 aromatic carbocycles. The Morgan fingerprint density at radius 3 is 2.58 bits per heavy atom. The van der Waals surface area contributed by atoms with Gasteiger partial charge in [-0.15, -0.1) is 0 Å². The van der Waals surface area contributed by atoms with E-state index in [-0.39, 0.29) is 16.7 Å². The van der Waals surface area contributed by atoms with Crippen LogP contribution in [-0.4, -0.2) is 24.2 Å². The van der Waals surface area contributed by atoms with Gasteiger partial charge >= 0.3 is 6.18 Å². The van der Waals surface area contributed by atoms with Crippen molar-refractivity contribution in [3.8, 4) is 0 Å². The molecule has 0 saturated carbocycles. The fraction of sp³-hybridized carbons (Fsp3) is 0.304. The van der Waals surface area contributed by atoms with Crippen molar-refractivity contribution < 1.29 is 22.4 Å². The van der Waals surface area contributed by atoms with E-state index in [1.807, 2.05) is 13.8 Å². The average molecular weight is 433 g/mol. The first-order chi connectivity index (χ1) is 14.4. The van der Waals surface area contributed by atoms with Crippen LogP contribution in [0, 0.1) is 5.82 Å². The van der Waals surface area contributed by atoms with Crippen LogP contribution >= 0.6 is 0 Å². The number of likely N-dealkylation sites (N-methyl/N-ethyl adjacent to an activating group) is 1. The summed E-state index contributed by atoms with van der Waals surface area (Å²) in [5.74, 6) is -1.34. The van der Waals surface area contributed by atoms with Gasteiger partial charge in [0, 0.05) is 28.9 Å². The zero-order chi connectivity index (χ0) is 23.0. The molecule has 0 unspecified atom stereocenters. The number of halogens is 4. The molecule has 3 rings (SSSR count). The first kappa shape index (κ1) is 22.5. The summed E-state index contributed by atoms with van der Waals surface area (Å²) in [6.07, 6.45) is -1.31. The molecule has 1 N–H and O–H groups in total. The molecular weight excluding hydrogens is 410 g/mol. The Balaban J connectivity index is 1.83. The highest BCUT2D eigenvalue weighted by atomic mass is 19.4. The minimum absolute atomic E-state index is 0.159. The van der Waals surface area contributed by atoms with Crippen LogP contribution in [0.25, 0.3) is 5.57 Å². The SMILES string of the molecule is CCN1c2cc(F)c(/C=N\NC(=O)c3cccc(C(F)(F)F)c3)cc2C(C)=CC1(C)C. The Morgan fingerprint density at radius 1 is 1.23 bits per heavy atom. The number of hydrogen-bond acceptors (Lipinski definition) is 3. The van der Waals surface area contributed by atoms with Crippen molar-refractivity contribution in [2.45, 2.75) is 39.4 Å². The normalized spacial score (nSPS) is 15.6. The monoisotopic (exact) mass is 433 g/mol. The Morgan fingerprint density at radius 2 is 1.94 bits per heavy atom. The van der Waals surface area contributed by atoms with Gasteiger partial charge in [0.15, 0.2) is 0 Å². The van der Waals surface area contributed by atoms with E-state index in [4.69, 9.17) is 0 Å². The lowest BCUT2D eigenvalue weighted by Crippen LogP contribution is -2.45. The van der Waals surface area contributed by atoms with Crippen LogP contribution in [0.5, 0.6) is 0 Å². The lowest BCUT2D eigenvalue weighted by Gasteiger charge is -2.42. The van der Waals surface area contributed by atoms with Crippen molar-refractivity contribution in [2.75, 3.05) is 11.4 Å². The number of nitrogens with zero attached hydrogens (tertiary/aromatic N) is 2. The predicted molar refractivity (Wildman–Crippen MR) is 114 cm³/mol. The molecule has 0 fully saturated rings. The highest BCUT2D eigenvalue weighted by molar-refractivity contribution is 5.95. The van der Waals surface area contributed by atoms with Gasteiger partial charge in [0.05, 0.1) is 17.3 Å². The summed E-state index contributed by atoms with van der Waals surface area (Å²) in [6, 6.07) is 7.08. The van der Waals surface area contributed by atoms with E-state index in [0.29, 0.717) is 6.54 Å². The highest BCUT2D eigenvalue weighted by Crippen LogP contribution is 2.39. The fourth-order valence-electron chi connectivity index (χ4n) is 3.85. The van der Waals surface area contributed by atoms with Crippen LogP contribution in [0.15, 0.2) is 47.6 Å². The van der Waals surface area contributed by atoms with E-state index in [1.54, 1.807) is 6.07 Å². The molecule has 0 aliphatic carbocycles. The molecule has 0 radical (unpaired) electrons. The number of benzene rings is 2. The number of hydrazone groups is 1. The molecule has 164 valence electrons. The standard InChI is InChI=1S/C23H23F4N3O/c1-5-30-20-11-19(24)16(10-18(20)14(2)12-22(30,3)4)13-28-29-21(31)15-7-6-8-17(9-15)23(25,26)27/h6-13H,5H2,1-4H3,(H,29,31)/b28-13-. The summed E-state index contributed by atoms with van der Waals surface area (Å²) in [6.45, 7) is 8.75. The molecule has 1 heterocycles. The third kappa shape index (κ3) is 4.62. The van der Waals surface area contributed by atoms with Crippen LogP contribution < -0.4 is 10.3 Å². The van der Waals surface area contributed by atoms with Crippen molar-refractivity contribution in [1.82, 2.24) is 5.43 Å². The summed E-state index contributed by atoms with van der Waals surface area (Å²) in [5.41, 5.74) is 3.54. The number of alkyl halides is 3. The molecule has 4 nitrogen and oxygen atoms in total. The van der Waals surface area contributed by atoms with Crippen molar-refractivity contribution in [3.05, 3.63) is 70.5 Å². The Bertz CT molecular complexity index is 1070. The van der Waals surface area contributed by atoms with E-state index >= 15 is 0 Å².